The van der Waals surface area contributed by atoms with Gasteiger partial charge in [-0.25, -0.2) is 0 Å². The average molecular weight is 1010 g/mol. The van der Waals surface area contributed by atoms with E-state index in [1.807, 2.05) is 0 Å². The maximum absolute atomic E-state index is 12.8. The summed E-state index contributed by atoms with van der Waals surface area (Å²) in [6.07, 6.45) is 74.7. The Bertz CT molecular complexity index is 1210. The van der Waals surface area contributed by atoms with Crippen molar-refractivity contribution < 1.29 is 28.6 Å². The molecule has 0 aliphatic rings. The molecule has 0 aromatic heterocycles. The van der Waals surface area contributed by atoms with E-state index in [2.05, 4.69) is 57.2 Å². The molecule has 0 saturated heterocycles. The highest BCUT2D eigenvalue weighted by Crippen LogP contribution is 2.18. The number of rotatable bonds is 59. The van der Waals surface area contributed by atoms with Crippen LogP contribution in [0.1, 0.15) is 348 Å². The third kappa shape index (κ3) is 58.5. The summed E-state index contributed by atoms with van der Waals surface area (Å²) in [5, 5.41) is 0. The molecule has 0 spiro atoms. The van der Waals surface area contributed by atoms with Crippen molar-refractivity contribution in [1.29, 1.82) is 0 Å². The number of carbonyl (C=O) groups excluding carboxylic acids is 3. The van der Waals surface area contributed by atoms with Gasteiger partial charge in [-0.05, 0) is 57.8 Å². The van der Waals surface area contributed by atoms with Crippen molar-refractivity contribution in [2.75, 3.05) is 13.2 Å². The molecule has 1 unspecified atom stereocenters. The Labute approximate surface area is 448 Å². The first kappa shape index (κ1) is 69.6. The van der Waals surface area contributed by atoms with Gasteiger partial charge < -0.3 is 14.2 Å². The molecule has 1 atom stereocenters. The molecule has 6 nitrogen and oxygen atoms in total. The van der Waals surface area contributed by atoms with Gasteiger partial charge in [0.1, 0.15) is 13.2 Å². The van der Waals surface area contributed by atoms with Gasteiger partial charge in [-0.1, -0.05) is 308 Å². The van der Waals surface area contributed by atoms with Crippen molar-refractivity contribution in [2.45, 2.75) is 354 Å². The molecule has 0 fully saturated rings. The maximum Gasteiger partial charge on any atom is 0.306 e. The number of hydrogen-bond acceptors (Lipinski definition) is 6. The lowest BCUT2D eigenvalue weighted by molar-refractivity contribution is -0.167. The van der Waals surface area contributed by atoms with Crippen LogP contribution in [0.5, 0.6) is 0 Å². The second-order valence-corrected chi connectivity index (χ2v) is 21.7. The van der Waals surface area contributed by atoms with E-state index >= 15 is 0 Å². The minimum absolute atomic E-state index is 0.0733. The molecule has 0 aromatic rings. The van der Waals surface area contributed by atoms with Crippen molar-refractivity contribution in [3.8, 4) is 0 Å². The summed E-state index contributed by atoms with van der Waals surface area (Å²) in [7, 11) is 0. The van der Waals surface area contributed by atoms with Gasteiger partial charge >= 0.3 is 17.9 Å². The lowest BCUT2D eigenvalue weighted by Crippen LogP contribution is -2.30. The highest BCUT2D eigenvalue weighted by Gasteiger charge is 2.19. The van der Waals surface area contributed by atoms with Crippen LogP contribution in [0.25, 0.3) is 0 Å². The van der Waals surface area contributed by atoms with E-state index in [-0.39, 0.29) is 31.1 Å². The number of hydrogen-bond donors (Lipinski definition) is 0. The highest BCUT2D eigenvalue weighted by molar-refractivity contribution is 5.71. The zero-order valence-corrected chi connectivity index (χ0v) is 48.5. The Balaban J connectivity index is 4.06. The van der Waals surface area contributed by atoms with Crippen molar-refractivity contribution >= 4 is 17.9 Å². The lowest BCUT2D eigenvalue weighted by Gasteiger charge is -2.18. The number of ether oxygens (including phenoxy) is 3. The van der Waals surface area contributed by atoms with Crippen LogP contribution in [0.3, 0.4) is 0 Å². The number of carbonyl (C=O) groups is 3. The standard InChI is InChI=1S/C66H122O6/c1-4-7-10-13-16-18-20-22-24-26-28-29-30-31-32-33-34-35-36-38-39-41-43-45-47-50-53-56-59-65(68)71-62-63(61-70-64(67)58-55-52-49-15-12-9-6-3)72-66(69)60-57-54-51-48-46-44-42-40-37-27-25-23-21-19-17-14-11-8-5-2/h17,19,23,25,37,40,63H,4-16,18,20-22,24,26-36,38-39,41-62H2,1-3H3/b19-17-,25-23-,40-37-. The fourth-order valence-electron chi connectivity index (χ4n) is 9.57. The molecule has 0 N–H and O–H groups in total. The molecule has 0 aliphatic heterocycles. The normalized spacial score (nSPS) is 12.2. The molecular weight excluding hydrogens is 889 g/mol. The van der Waals surface area contributed by atoms with E-state index < -0.39 is 6.10 Å². The molecule has 0 saturated carbocycles. The van der Waals surface area contributed by atoms with Crippen molar-refractivity contribution in [3.05, 3.63) is 36.5 Å². The minimum atomic E-state index is -0.774. The Kier molecular flexibility index (Phi) is 59.2. The maximum atomic E-state index is 12.8. The topological polar surface area (TPSA) is 78.9 Å². The number of esters is 3. The number of allylic oxidation sites excluding steroid dienone is 6. The van der Waals surface area contributed by atoms with Crippen molar-refractivity contribution in [1.82, 2.24) is 0 Å². The van der Waals surface area contributed by atoms with Gasteiger partial charge in [-0.15, -0.1) is 0 Å². The smallest absolute Gasteiger partial charge is 0.306 e. The first-order valence-electron chi connectivity index (χ1n) is 32.0. The fraction of sp³-hybridized carbons (Fsp3) is 0.864. The summed E-state index contributed by atoms with van der Waals surface area (Å²) in [5.41, 5.74) is 0. The third-order valence-electron chi connectivity index (χ3n) is 14.4. The van der Waals surface area contributed by atoms with Crippen LogP contribution in [-0.4, -0.2) is 37.2 Å². The Morgan fingerprint density at radius 1 is 0.278 bits per heavy atom. The predicted octanol–water partition coefficient (Wildman–Crippen LogP) is 21.6. The highest BCUT2D eigenvalue weighted by atomic mass is 16.6. The molecule has 0 rings (SSSR count). The van der Waals surface area contributed by atoms with Gasteiger partial charge in [0.15, 0.2) is 6.10 Å². The van der Waals surface area contributed by atoms with Crippen LogP contribution in [0.4, 0.5) is 0 Å². The van der Waals surface area contributed by atoms with E-state index in [1.54, 1.807) is 0 Å². The van der Waals surface area contributed by atoms with Crippen LogP contribution in [0.15, 0.2) is 36.5 Å². The Hall–Kier alpha value is -2.37. The van der Waals surface area contributed by atoms with Crippen LogP contribution < -0.4 is 0 Å². The van der Waals surface area contributed by atoms with E-state index in [4.69, 9.17) is 14.2 Å². The Morgan fingerprint density at radius 2 is 0.500 bits per heavy atom. The third-order valence-corrected chi connectivity index (χ3v) is 14.4. The van der Waals surface area contributed by atoms with Crippen LogP contribution in [0, 0.1) is 0 Å². The number of unbranched alkanes of at least 4 members (excludes halogenated alkanes) is 42. The largest absolute Gasteiger partial charge is 0.462 e. The average Bonchev–Trinajstić information content (AvgIpc) is 3.38. The van der Waals surface area contributed by atoms with Crippen molar-refractivity contribution in [2.24, 2.45) is 0 Å². The predicted molar refractivity (Wildman–Crippen MR) is 312 cm³/mol. The fourth-order valence-corrected chi connectivity index (χ4v) is 9.57. The zero-order valence-electron chi connectivity index (χ0n) is 48.5. The second kappa shape index (κ2) is 61.2. The van der Waals surface area contributed by atoms with E-state index in [0.717, 1.165) is 77.0 Å². The Morgan fingerprint density at radius 3 is 0.806 bits per heavy atom. The van der Waals surface area contributed by atoms with Gasteiger partial charge in [0.05, 0.1) is 0 Å². The molecule has 6 heteroatoms. The summed E-state index contributed by atoms with van der Waals surface area (Å²) < 4.78 is 16.8. The first-order valence-corrected chi connectivity index (χ1v) is 32.0. The molecule has 0 bridgehead atoms. The zero-order chi connectivity index (χ0) is 52.2. The summed E-state index contributed by atoms with van der Waals surface area (Å²) in [4.78, 5) is 38.0. The first-order chi connectivity index (χ1) is 35.5. The molecule has 422 valence electrons. The van der Waals surface area contributed by atoms with Gasteiger partial charge in [0.2, 0.25) is 0 Å². The van der Waals surface area contributed by atoms with E-state index in [9.17, 15) is 14.4 Å². The monoisotopic (exact) mass is 1010 g/mol. The van der Waals surface area contributed by atoms with Gasteiger partial charge in [0, 0.05) is 19.3 Å². The van der Waals surface area contributed by atoms with E-state index in [0.29, 0.717) is 19.3 Å². The summed E-state index contributed by atoms with van der Waals surface area (Å²) in [6, 6.07) is 0. The quantitative estimate of drug-likeness (QED) is 0.0261. The summed E-state index contributed by atoms with van der Waals surface area (Å²) in [5.74, 6) is -0.873. The second-order valence-electron chi connectivity index (χ2n) is 21.7. The summed E-state index contributed by atoms with van der Waals surface area (Å²) in [6.45, 7) is 6.61. The molecule has 0 heterocycles. The molecule has 72 heavy (non-hydrogen) atoms. The molecular formula is C66H122O6. The molecule has 0 aromatic carbocycles. The molecule has 0 aliphatic carbocycles. The summed E-state index contributed by atoms with van der Waals surface area (Å²) >= 11 is 0. The SMILES string of the molecule is CCCCC/C=C\C/C=C\C/C=C\CCCCCCCCC(=O)OC(COC(=O)CCCCCCCCC)COC(=O)CCCCCCCCCCCCCCCCCCCCCCCCCCCCCC. The van der Waals surface area contributed by atoms with Gasteiger partial charge in [-0.2, -0.15) is 0 Å². The van der Waals surface area contributed by atoms with Crippen LogP contribution in [-0.2, 0) is 28.6 Å². The van der Waals surface area contributed by atoms with Gasteiger partial charge in [-0.3, -0.25) is 14.4 Å². The van der Waals surface area contributed by atoms with Crippen molar-refractivity contribution in [3.63, 3.8) is 0 Å². The minimum Gasteiger partial charge on any atom is -0.462 e. The van der Waals surface area contributed by atoms with Crippen LogP contribution in [0.2, 0.25) is 0 Å². The van der Waals surface area contributed by atoms with E-state index in [1.165, 1.54) is 231 Å². The lowest BCUT2D eigenvalue weighted by atomic mass is 10.0. The molecule has 0 radical (unpaired) electrons. The molecule has 0 amide bonds. The van der Waals surface area contributed by atoms with Crippen LogP contribution >= 0.6 is 0 Å². The van der Waals surface area contributed by atoms with Gasteiger partial charge in [0.25, 0.3) is 0 Å².